The summed E-state index contributed by atoms with van der Waals surface area (Å²) in [6.07, 6.45) is 4.18. The molecule has 3 nitrogen and oxygen atoms in total. The Balaban J connectivity index is 2.31. The van der Waals surface area contributed by atoms with Gasteiger partial charge in [0.15, 0.2) is 0 Å². The summed E-state index contributed by atoms with van der Waals surface area (Å²) < 4.78 is 14.9. The first kappa shape index (κ1) is 10.8. The van der Waals surface area contributed by atoms with Crippen LogP contribution in [-0.2, 0) is 20.1 Å². The Kier molecular flexibility index (Phi) is 3.01. The van der Waals surface area contributed by atoms with E-state index in [9.17, 15) is 4.39 Å². The number of aryl methyl sites for hydroxylation is 1. The molecule has 1 aromatic carbocycles. The first-order chi connectivity index (χ1) is 7.70. The zero-order chi connectivity index (χ0) is 11.5. The van der Waals surface area contributed by atoms with Gasteiger partial charge in [0.1, 0.15) is 11.6 Å². The standard InChI is InChI=1S/C12H13FN2O/c1-15-5-4-14-12(15)7-9-2-3-11(13)6-10(9)8-16/h2-6,16H,7-8H2,1H3. The normalized spacial score (nSPS) is 10.7. The molecule has 0 bridgehead atoms. The van der Waals surface area contributed by atoms with Crippen LogP contribution in [0.1, 0.15) is 17.0 Å². The number of aliphatic hydroxyl groups excluding tert-OH is 1. The van der Waals surface area contributed by atoms with E-state index in [1.54, 1.807) is 12.3 Å². The maximum absolute atomic E-state index is 13.0. The van der Waals surface area contributed by atoms with Crippen LogP contribution in [0.3, 0.4) is 0 Å². The number of aromatic nitrogens is 2. The zero-order valence-electron chi connectivity index (χ0n) is 9.02. The van der Waals surface area contributed by atoms with Crippen molar-refractivity contribution >= 4 is 0 Å². The highest BCUT2D eigenvalue weighted by molar-refractivity contribution is 5.29. The van der Waals surface area contributed by atoms with Crippen LogP contribution < -0.4 is 0 Å². The van der Waals surface area contributed by atoms with E-state index in [-0.39, 0.29) is 12.4 Å². The lowest BCUT2D eigenvalue weighted by molar-refractivity contribution is 0.280. The molecule has 2 aromatic rings. The molecule has 0 unspecified atom stereocenters. The molecule has 1 heterocycles. The molecule has 0 spiro atoms. The molecule has 1 N–H and O–H groups in total. The van der Waals surface area contributed by atoms with Crippen LogP contribution in [0, 0.1) is 5.82 Å². The number of hydrogen-bond acceptors (Lipinski definition) is 2. The van der Waals surface area contributed by atoms with Crippen molar-refractivity contribution in [3.05, 3.63) is 53.4 Å². The predicted octanol–water partition coefficient (Wildman–Crippen LogP) is 1.64. The Morgan fingerprint density at radius 1 is 1.38 bits per heavy atom. The van der Waals surface area contributed by atoms with E-state index >= 15 is 0 Å². The van der Waals surface area contributed by atoms with Crippen molar-refractivity contribution in [2.45, 2.75) is 13.0 Å². The molecule has 2 rings (SSSR count). The largest absolute Gasteiger partial charge is 0.392 e. The minimum atomic E-state index is -0.326. The van der Waals surface area contributed by atoms with Gasteiger partial charge in [-0.2, -0.15) is 0 Å². The van der Waals surface area contributed by atoms with Gasteiger partial charge in [-0.3, -0.25) is 0 Å². The topological polar surface area (TPSA) is 38.0 Å². The van der Waals surface area contributed by atoms with E-state index < -0.39 is 0 Å². The molecule has 0 saturated heterocycles. The summed E-state index contributed by atoms with van der Waals surface area (Å²) in [5.41, 5.74) is 1.52. The molecule has 0 aliphatic carbocycles. The Hall–Kier alpha value is -1.68. The number of hydrogen-bond donors (Lipinski definition) is 1. The van der Waals surface area contributed by atoms with Gasteiger partial charge in [-0.05, 0) is 23.3 Å². The van der Waals surface area contributed by atoms with Gasteiger partial charge in [0.2, 0.25) is 0 Å². The first-order valence-electron chi connectivity index (χ1n) is 5.05. The molecule has 0 saturated carbocycles. The van der Waals surface area contributed by atoms with Crippen molar-refractivity contribution in [1.29, 1.82) is 0 Å². The summed E-state index contributed by atoms with van der Waals surface area (Å²) in [6.45, 7) is -0.155. The summed E-state index contributed by atoms with van der Waals surface area (Å²) in [5.74, 6) is 0.564. The number of rotatable bonds is 3. The van der Waals surface area contributed by atoms with Crippen molar-refractivity contribution in [1.82, 2.24) is 9.55 Å². The third-order valence-corrected chi connectivity index (χ3v) is 2.61. The molecular weight excluding hydrogens is 207 g/mol. The van der Waals surface area contributed by atoms with Gasteiger partial charge < -0.3 is 9.67 Å². The summed E-state index contributed by atoms with van der Waals surface area (Å²) in [7, 11) is 1.91. The Bertz CT molecular complexity index is 494. The van der Waals surface area contributed by atoms with Crippen molar-refractivity contribution < 1.29 is 9.50 Å². The van der Waals surface area contributed by atoms with Gasteiger partial charge in [0.05, 0.1) is 6.61 Å². The average molecular weight is 220 g/mol. The van der Waals surface area contributed by atoms with Gasteiger partial charge in [0.25, 0.3) is 0 Å². The van der Waals surface area contributed by atoms with E-state index in [0.29, 0.717) is 12.0 Å². The highest BCUT2D eigenvalue weighted by Crippen LogP contribution is 2.15. The zero-order valence-corrected chi connectivity index (χ0v) is 9.02. The Labute approximate surface area is 93.2 Å². The Morgan fingerprint density at radius 2 is 2.19 bits per heavy atom. The number of nitrogens with zero attached hydrogens (tertiary/aromatic N) is 2. The van der Waals surface area contributed by atoms with Crippen LogP contribution in [0.4, 0.5) is 4.39 Å². The van der Waals surface area contributed by atoms with Crippen molar-refractivity contribution in [2.24, 2.45) is 7.05 Å². The van der Waals surface area contributed by atoms with E-state index in [0.717, 1.165) is 11.4 Å². The number of benzene rings is 1. The van der Waals surface area contributed by atoms with E-state index in [2.05, 4.69) is 4.98 Å². The molecule has 0 fully saturated rings. The highest BCUT2D eigenvalue weighted by atomic mass is 19.1. The molecule has 16 heavy (non-hydrogen) atoms. The number of aliphatic hydroxyl groups is 1. The second-order valence-corrected chi connectivity index (χ2v) is 3.70. The lowest BCUT2D eigenvalue weighted by Gasteiger charge is -2.07. The summed E-state index contributed by atoms with van der Waals surface area (Å²) in [4.78, 5) is 4.20. The number of halogens is 1. The molecule has 0 aliphatic heterocycles. The molecule has 4 heteroatoms. The van der Waals surface area contributed by atoms with Crippen molar-refractivity contribution in [3.63, 3.8) is 0 Å². The highest BCUT2D eigenvalue weighted by Gasteiger charge is 2.07. The second-order valence-electron chi connectivity index (χ2n) is 3.70. The monoisotopic (exact) mass is 220 g/mol. The van der Waals surface area contributed by atoms with Gasteiger partial charge in [-0.15, -0.1) is 0 Å². The van der Waals surface area contributed by atoms with Crippen molar-refractivity contribution in [2.75, 3.05) is 0 Å². The van der Waals surface area contributed by atoms with Crippen LogP contribution in [0.15, 0.2) is 30.6 Å². The van der Waals surface area contributed by atoms with Crippen LogP contribution in [-0.4, -0.2) is 14.7 Å². The molecule has 84 valence electrons. The third kappa shape index (κ3) is 2.12. The molecular formula is C12H13FN2O. The van der Waals surface area contributed by atoms with Gasteiger partial charge in [-0.25, -0.2) is 9.37 Å². The summed E-state index contributed by atoms with van der Waals surface area (Å²) in [5, 5.41) is 9.15. The summed E-state index contributed by atoms with van der Waals surface area (Å²) >= 11 is 0. The lowest BCUT2D eigenvalue weighted by atomic mass is 10.0. The van der Waals surface area contributed by atoms with Crippen molar-refractivity contribution in [3.8, 4) is 0 Å². The smallest absolute Gasteiger partial charge is 0.123 e. The SMILES string of the molecule is Cn1ccnc1Cc1ccc(F)cc1CO. The maximum atomic E-state index is 13.0. The van der Waals surface area contributed by atoms with E-state index in [1.807, 2.05) is 17.8 Å². The van der Waals surface area contributed by atoms with E-state index in [4.69, 9.17) is 5.11 Å². The van der Waals surface area contributed by atoms with Gasteiger partial charge in [0, 0.05) is 25.9 Å². The molecule has 0 atom stereocenters. The fourth-order valence-electron chi connectivity index (χ4n) is 1.65. The number of imidazole rings is 1. The molecule has 0 amide bonds. The first-order valence-corrected chi connectivity index (χ1v) is 5.05. The van der Waals surface area contributed by atoms with Crippen LogP contribution >= 0.6 is 0 Å². The van der Waals surface area contributed by atoms with Gasteiger partial charge >= 0.3 is 0 Å². The predicted molar refractivity (Wildman–Crippen MR) is 58.3 cm³/mol. The lowest BCUT2D eigenvalue weighted by Crippen LogP contribution is -2.02. The minimum absolute atomic E-state index is 0.155. The fourth-order valence-corrected chi connectivity index (χ4v) is 1.65. The fraction of sp³-hybridized carbons (Fsp3) is 0.250. The molecule has 0 aliphatic rings. The quantitative estimate of drug-likeness (QED) is 0.854. The second kappa shape index (κ2) is 4.45. The van der Waals surface area contributed by atoms with Crippen LogP contribution in [0.2, 0.25) is 0 Å². The molecule has 0 radical (unpaired) electrons. The maximum Gasteiger partial charge on any atom is 0.123 e. The van der Waals surface area contributed by atoms with E-state index in [1.165, 1.54) is 12.1 Å². The average Bonchev–Trinajstić information content (AvgIpc) is 2.67. The third-order valence-electron chi connectivity index (χ3n) is 2.61. The van der Waals surface area contributed by atoms with Crippen LogP contribution in [0.5, 0.6) is 0 Å². The van der Waals surface area contributed by atoms with Crippen LogP contribution in [0.25, 0.3) is 0 Å². The minimum Gasteiger partial charge on any atom is -0.392 e. The van der Waals surface area contributed by atoms with Gasteiger partial charge in [-0.1, -0.05) is 6.07 Å². The molecule has 1 aromatic heterocycles. The Morgan fingerprint density at radius 3 is 2.81 bits per heavy atom. The summed E-state index contributed by atoms with van der Waals surface area (Å²) in [6, 6.07) is 4.45.